The maximum absolute atomic E-state index is 12.9. The van der Waals surface area contributed by atoms with Crippen LogP contribution in [0.4, 0.5) is 4.79 Å². The van der Waals surface area contributed by atoms with Crippen molar-refractivity contribution < 1.29 is 17.9 Å². The van der Waals surface area contributed by atoms with E-state index in [1.807, 2.05) is 26.8 Å². The molecule has 0 bridgehead atoms. The van der Waals surface area contributed by atoms with E-state index in [4.69, 9.17) is 10.5 Å². The van der Waals surface area contributed by atoms with Crippen LogP contribution < -0.4 is 15.2 Å². The Kier molecular flexibility index (Phi) is 6.45. The molecule has 10 nitrogen and oxygen atoms in total. The molecular weight excluding hydrogens is 420 g/mol. The minimum absolute atomic E-state index is 0.00378. The number of nitriles is 1. The van der Waals surface area contributed by atoms with Crippen molar-refractivity contribution in [2.75, 3.05) is 19.6 Å². The molecule has 1 aromatic carbocycles. The number of primary amides is 1. The van der Waals surface area contributed by atoms with Crippen LogP contribution in [0.5, 0.6) is 5.88 Å². The van der Waals surface area contributed by atoms with Crippen molar-refractivity contribution in [1.82, 2.24) is 19.6 Å². The van der Waals surface area contributed by atoms with Crippen LogP contribution in [0.1, 0.15) is 26.5 Å². The third-order valence-corrected chi connectivity index (χ3v) is 6.57. The Hall–Kier alpha value is -3.20. The van der Waals surface area contributed by atoms with Crippen LogP contribution in [0.25, 0.3) is 21.8 Å². The first-order chi connectivity index (χ1) is 14.7. The van der Waals surface area contributed by atoms with Gasteiger partial charge in [-0.05, 0) is 44.3 Å². The summed E-state index contributed by atoms with van der Waals surface area (Å²) in [7, 11) is -3.76. The second-order valence-corrected chi connectivity index (χ2v) is 8.79. The molecule has 0 spiro atoms. The molecule has 1 amide bonds. The fourth-order valence-electron chi connectivity index (χ4n) is 3.53. The van der Waals surface area contributed by atoms with E-state index in [9.17, 15) is 18.5 Å². The summed E-state index contributed by atoms with van der Waals surface area (Å²) in [6, 6.07) is 8.03. The van der Waals surface area contributed by atoms with Gasteiger partial charge in [0.25, 0.3) is 0 Å². The molecule has 3 aromatic rings. The fraction of sp³-hybridized carbons (Fsp3) is 0.350. The smallest absolute Gasteiger partial charge is 0.389 e. The van der Waals surface area contributed by atoms with Crippen LogP contribution in [-0.2, 0) is 10.0 Å². The number of nitrogens with two attached hydrogens (primary N) is 1. The zero-order valence-electron chi connectivity index (χ0n) is 17.5. The molecule has 1 unspecified atom stereocenters. The molecule has 3 rings (SSSR count). The number of nitrogens with zero attached hydrogens (tertiary/aromatic N) is 3. The number of fused-ring (bicyclic) bond motifs is 3. The molecule has 0 aliphatic carbocycles. The molecule has 11 heteroatoms. The van der Waals surface area contributed by atoms with Gasteiger partial charge in [-0.15, -0.1) is 0 Å². The second-order valence-electron chi connectivity index (χ2n) is 7.02. The quantitative estimate of drug-likeness (QED) is 0.480. The maximum atomic E-state index is 12.9. The third-order valence-electron chi connectivity index (χ3n) is 5.15. The van der Waals surface area contributed by atoms with Crippen molar-refractivity contribution in [3.63, 3.8) is 0 Å². The Bertz CT molecular complexity index is 1270. The first-order valence-corrected chi connectivity index (χ1v) is 11.3. The van der Waals surface area contributed by atoms with Gasteiger partial charge in [-0.3, -0.25) is 4.90 Å². The summed E-state index contributed by atoms with van der Waals surface area (Å²) >= 11 is 0. The van der Waals surface area contributed by atoms with Crippen LogP contribution in [-0.4, -0.2) is 55.1 Å². The number of carbonyl (C=O) groups is 1. The van der Waals surface area contributed by atoms with E-state index in [2.05, 4.69) is 19.6 Å². The van der Waals surface area contributed by atoms with Crippen molar-refractivity contribution in [3.8, 4) is 11.9 Å². The zero-order valence-corrected chi connectivity index (χ0v) is 18.3. The van der Waals surface area contributed by atoms with Crippen LogP contribution in [0, 0.1) is 11.3 Å². The van der Waals surface area contributed by atoms with E-state index < -0.39 is 16.1 Å². The number of H-pyrrole nitrogens is 1. The number of sulfonamides is 1. The molecule has 164 valence electrons. The van der Waals surface area contributed by atoms with Gasteiger partial charge < -0.3 is 15.5 Å². The number of likely N-dealkylation sites (N-methyl/N-ethyl adjacent to an activating group) is 1. The molecule has 2 aromatic heterocycles. The molecule has 4 N–H and O–H groups in total. The number of hydrogen-bond acceptors (Lipinski definition) is 7. The van der Waals surface area contributed by atoms with E-state index in [-0.39, 0.29) is 29.1 Å². The minimum atomic E-state index is -3.76. The highest BCUT2D eigenvalue weighted by molar-refractivity contribution is 7.89. The predicted octanol–water partition coefficient (Wildman–Crippen LogP) is 2.05. The van der Waals surface area contributed by atoms with Gasteiger partial charge in [-0.2, -0.15) is 5.26 Å². The molecule has 31 heavy (non-hydrogen) atoms. The average Bonchev–Trinajstić information content (AvgIpc) is 3.11. The molecule has 0 saturated heterocycles. The van der Waals surface area contributed by atoms with Gasteiger partial charge in [0, 0.05) is 28.9 Å². The lowest BCUT2D eigenvalue weighted by molar-refractivity contribution is 0.209. The minimum Gasteiger partial charge on any atom is -0.389 e. The summed E-state index contributed by atoms with van der Waals surface area (Å²) in [5, 5.41) is 10.3. The molecular formula is C20H24N6O4S. The van der Waals surface area contributed by atoms with E-state index in [1.54, 1.807) is 6.07 Å². The predicted molar refractivity (Wildman–Crippen MR) is 116 cm³/mol. The van der Waals surface area contributed by atoms with Gasteiger partial charge in [0.05, 0.1) is 4.90 Å². The molecule has 0 aliphatic rings. The van der Waals surface area contributed by atoms with Gasteiger partial charge in [0.1, 0.15) is 17.3 Å². The van der Waals surface area contributed by atoms with Crippen LogP contribution >= 0.6 is 0 Å². The first kappa shape index (κ1) is 22.5. The first-order valence-electron chi connectivity index (χ1n) is 9.77. The highest BCUT2D eigenvalue weighted by Gasteiger charge is 2.20. The topological polar surface area (TPSA) is 154 Å². The average molecular weight is 445 g/mol. The lowest BCUT2D eigenvalue weighted by Crippen LogP contribution is -2.41. The summed E-state index contributed by atoms with van der Waals surface area (Å²) in [5.74, 6) is -0.145. The van der Waals surface area contributed by atoms with Gasteiger partial charge >= 0.3 is 6.09 Å². The Morgan fingerprint density at radius 2 is 2.03 bits per heavy atom. The molecule has 1 atom stereocenters. The Labute approximate surface area is 180 Å². The van der Waals surface area contributed by atoms with Crippen molar-refractivity contribution in [1.29, 1.82) is 5.26 Å². The monoisotopic (exact) mass is 444 g/mol. The molecule has 0 radical (unpaired) electrons. The lowest BCUT2D eigenvalue weighted by atomic mass is 10.1. The summed E-state index contributed by atoms with van der Waals surface area (Å²) in [5.41, 5.74) is 6.03. The zero-order chi connectivity index (χ0) is 22.8. The van der Waals surface area contributed by atoms with Crippen LogP contribution in [0.15, 0.2) is 29.2 Å². The van der Waals surface area contributed by atoms with Crippen molar-refractivity contribution in [3.05, 3.63) is 30.0 Å². The van der Waals surface area contributed by atoms with E-state index in [0.717, 1.165) is 13.1 Å². The van der Waals surface area contributed by atoms with Gasteiger partial charge in [-0.1, -0.05) is 13.8 Å². The lowest BCUT2D eigenvalue weighted by Gasteiger charge is -2.26. The van der Waals surface area contributed by atoms with Crippen molar-refractivity contribution in [2.45, 2.75) is 31.7 Å². The molecule has 0 saturated carbocycles. The van der Waals surface area contributed by atoms with E-state index >= 15 is 0 Å². The fourth-order valence-corrected chi connectivity index (χ4v) is 4.68. The number of amides is 1. The normalized spacial score (nSPS) is 12.9. The highest BCUT2D eigenvalue weighted by atomic mass is 32.2. The summed E-state index contributed by atoms with van der Waals surface area (Å²) in [6.45, 7) is 7.95. The van der Waals surface area contributed by atoms with E-state index in [0.29, 0.717) is 21.8 Å². The maximum Gasteiger partial charge on any atom is 0.411 e. The van der Waals surface area contributed by atoms with Crippen molar-refractivity contribution >= 4 is 37.9 Å². The number of benzene rings is 1. The molecule has 2 heterocycles. The highest BCUT2D eigenvalue weighted by Crippen LogP contribution is 2.32. The Morgan fingerprint density at radius 3 is 2.65 bits per heavy atom. The number of pyridine rings is 1. The number of nitrogens with one attached hydrogen (secondary N) is 2. The number of rotatable bonds is 8. The molecule has 0 aliphatic heterocycles. The summed E-state index contributed by atoms with van der Waals surface area (Å²) < 4.78 is 33.3. The van der Waals surface area contributed by atoms with Gasteiger partial charge in [-0.25, -0.2) is 22.9 Å². The van der Waals surface area contributed by atoms with Crippen molar-refractivity contribution in [2.24, 2.45) is 5.73 Å². The van der Waals surface area contributed by atoms with Gasteiger partial charge in [0.15, 0.2) is 0 Å². The summed E-state index contributed by atoms with van der Waals surface area (Å²) in [6.07, 6.45) is -1.07. The van der Waals surface area contributed by atoms with Crippen LogP contribution in [0.3, 0.4) is 0 Å². The largest absolute Gasteiger partial charge is 0.411 e. The standard InChI is InChI=1S/C20H24N6O4S/c1-4-26(5-2)12(3)11-23-31(28,29)14-6-7-17-15(9-14)16-8-13(10-21)24-19(18(16)25-17)30-20(22)27/h6-9,12,23,25H,4-5,11H2,1-3H3,(H2,22,27). The van der Waals surface area contributed by atoms with Gasteiger partial charge in [0.2, 0.25) is 15.9 Å². The van der Waals surface area contributed by atoms with E-state index in [1.165, 1.54) is 18.2 Å². The van der Waals surface area contributed by atoms with Crippen LogP contribution in [0.2, 0.25) is 0 Å². The number of hydrogen-bond donors (Lipinski definition) is 3. The Morgan fingerprint density at radius 1 is 1.32 bits per heavy atom. The number of ether oxygens (including phenoxy) is 1. The Balaban J connectivity index is 2.02. The number of aromatic amines is 1. The second kappa shape index (κ2) is 8.89. The summed E-state index contributed by atoms with van der Waals surface area (Å²) in [4.78, 5) is 20.4. The molecule has 0 fully saturated rings. The number of aromatic nitrogens is 2. The SMILES string of the molecule is CCN(CC)C(C)CNS(=O)(=O)c1ccc2[nH]c3c(OC(N)=O)nc(C#N)cc3c2c1. The third kappa shape index (κ3) is 4.61. The number of carbonyl (C=O) groups excluding carboxylic acids is 1.